The molecule has 1 aromatic heterocycles. The molecule has 0 atom stereocenters. The molecule has 0 aliphatic heterocycles. The fourth-order valence-electron chi connectivity index (χ4n) is 1.47. The van der Waals surface area contributed by atoms with Crippen LogP contribution < -0.4 is 5.32 Å². The Morgan fingerprint density at radius 1 is 1.26 bits per heavy atom. The molecule has 2 rings (SSSR count). The molecule has 0 radical (unpaired) electrons. The van der Waals surface area contributed by atoms with E-state index in [2.05, 4.69) is 10.3 Å². The van der Waals surface area contributed by atoms with Crippen molar-refractivity contribution >= 4 is 11.5 Å². The second-order valence-corrected chi connectivity index (χ2v) is 3.75. The van der Waals surface area contributed by atoms with Crippen LogP contribution in [0.2, 0.25) is 0 Å². The summed E-state index contributed by atoms with van der Waals surface area (Å²) in [6.45, 7) is 0.0586. The second-order valence-electron chi connectivity index (χ2n) is 3.75. The highest BCUT2D eigenvalue weighted by Crippen LogP contribution is 2.14. The maximum Gasteiger partial charge on any atom is 0.363 e. The molecule has 0 saturated heterocycles. The minimum atomic E-state index is -0.615. The molecule has 19 heavy (non-hydrogen) atoms. The molecule has 0 aliphatic rings. The Morgan fingerprint density at radius 3 is 2.68 bits per heavy atom. The predicted molar refractivity (Wildman–Crippen MR) is 64.6 cm³/mol. The van der Waals surface area contributed by atoms with Crippen LogP contribution >= 0.6 is 0 Å². The molecule has 7 heteroatoms. The summed E-state index contributed by atoms with van der Waals surface area (Å²) in [7, 11) is 0. The van der Waals surface area contributed by atoms with Crippen LogP contribution in [0, 0.1) is 21.7 Å². The fraction of sp³-hybridized carbons (Fsp3) is 0.0833. The summed E-state index contributed by atoms with van der Waals surface area (Å²) < 4.78 is 26.3. The zero-order chi connectivity index (χ0) is 13.8. The van der Waals surface area contributed by atoms with Gasteiger partial charge >= 0.3 is 5.82 Å². The zero-order valence-electron chi connectivity index (χ0n) is 9.64. The SMILES string of the molecule is O=[N+]([O-])c1ccc(NCc2cc(F)ccc2F)cn1. The number of benzene rings is 1. The monoisotopic (exact) mass is 265 g/mol. The van der Waals surface area contributed by atoms with Gasteiger partial charge in [-0.3, -0.25) is 0 Å². The standard InChI is InChI=1S/C12H9F2N3O2/c13-9-1-3-11(14)8(5-9)6-15-10-2-4-12(16-7-10)17(18)19/h1-5,7,15H,6H2. The molecule has 2 aromatic rings. The lowest BCUT2D eigenvalue weighted by Crippen LogP contribution is -2.03. The average molecular weight is 265 g/mol. The molecule has 1 N–H and O–H groups in total. The van der Waals surface area contributed by atoms with E-state index < -0.39 is 16.6 Å². The minimum absolute atomic E-state index is 0.0586. The quantitative estimate of drug-likeness (QED) is 0.681. The molecule has 0 amide bonds. The Balaban J connectivity index is 2.06. The van der Waals surface area contributed by atoms with Gasteiger partial charge in [0.25, 0.3) is 0 Å². The molecule has 0 fully saturated rings. The van der Waals surface area contributed by atoms with Gasteiger partial charge in [0.15, 0.2) is 6.20 Å². The minimum Gasteiger partial charge on any atom is -0.378 e. The zero-order valence-corrected chi connectivity index (χ0v) is 9.64. The van der Waals surface area contributed by atoms with Crippen LogP contribution in [-0.4, -0.2) is 9.91 Å². The third-order valence-electron chi connectivity index (χ3n) is 2.43. The van der Waals surface area contributed by atoms with Crippen LogP contribution in [0.3, 0.4) is 0 Å². The number of hydrogen-bond donors (Lipinski definition) is 1. The summed E-state index contributed by atoms with van der Waals surface area (Å²) >= 11 is 0. The molecule has 1 heterocycles. The van der Waals surface area contributed by atoms with E-state index in [1.165, 1.54) is 18.3 Å². The van der Waals surface area contributed by atoms with E-state index in [-0.39, 0.29) is 17.9 Å². The number of rotatable bonds is 4. The van der Waals surface area contributed by atoms with Gasteiger partial charge in [-0.2, -0.15) is 0 Å². The molecule has 0 spiro atoms. The van der Waals surface area contributed by atoms with Crippen molar-refractivity contribution in [3.8, 4) is 0 Å². The second kappa shape index (κ2) is 5.38. The average Bonchev–Trinajstić information content (AvgIpc) is 2.40. The van der Waals surface area contributed by atoms with Gasteiger partial charge < -0.3 is 15.4 Å². The summed E-state index contributed by atoms with van der Waals surface area (Å²) in [5.41, 5.74) is 0.646. The van der Waals surface area contributed by atoms with Crippen molar-refractivity contribution in [2.45, 2.75) is 6.54 Å². The molecule has 5 nitrogen and oxygen atoms in total. The lowest BCUT2D eigenvalue weighted by atomic mass is 10.2. The normalized spacial score (nSPS) is 10.2. The summed E-state index contributed by atoms with van der Waals surface area (Å²) in [5.74, 6) is -1.33. The molecule has 0 unspecified atom stereocenters. The van der Waals surface area contributed by atoms with Crippen molar-refractivity contribution in [2.24, 2.45) is 0 Å². The van der Waals surface area contributed by atoms with E-state index in [1.54, 1.807) is 0 Å². The van der Waals surface area contributed by atoms with Gasteiger partial charge in [-0.1, -0.05) is 0 Å². The van der Waals surface area contributed by atoms with Gasteiger partial charge in [0.1, 0.15) is 11.6 Å². The third kappa shape index (κ3) is 3.21. The van der Waals surface area contributed by atoms with Crippen molar-refractivity contribution in [1.82, 2.24) is 4.98 Å². The summed E-state index contributed by atoms with van der Waals surface area (Å²) in [6.07, 6.45) is 1.26. The van der Waals surface area contributed by atoms with Gasteiger partial charge in [0.05, 0.1) is 5.69 Å². The van der Waals surface area contributed by atoms with E-state index in [0.29, 0.717) is 5.69 Å². The predicted octanol–water partition coefficient (Wildman–Crippen LogP) is 2.88. The van der Waals surface area contributed by atoms with E-state index in [9.17, 15) is 18.9 Å². The van der Waals surface area contributed by atoms with Crippen molar-refractivity contribution in [1.29, 1.82) is 0 Å². The van der Waals surface area contributed by atoms with Gasteiger partial charge in [-0.05, 0) is 34.2 Å². The van der Waals surface area contributed by atoms with Crippen molar-refractivity contribution in [2.75, 3.05) is 5.32 Å². The Morgan fingerprint density at radius 2 is 2.05 bits per heavy atom. The van der Waals surface area contributed by atoms with Crippen LogP contribution in [0.5, 0.6) is 0 Å². The Labute approximate surface area is 107 Å². The Kier molecular flexibility index (Phi) is 3.65. The summed E-state index contributed by atoms with van der Waals surface area (Å²) in [5, 5.41) is 13.2. The maximum atomic E-state index is 13.3. The first-order valence-electron chi connectivity index (χ1n) is 5.34. The Hall–Kier alpha value is -2.57. The van der Waals surface area contributed by atoms with Crippen molar-refractivity contribution < 1.29 is 13.7 Å². The van der Waals surface area contributed by atoms with Crippen molar-refractivity contribution in [3.63, 3.8) is 0 Å². The Bertz CT molecular complexity index is 602. The van der Waals surface area contributed by atoms with Crippen LogP contribution in [0.15, 0.2) is 36.5 Å². The van der Waals surface area contributed by atoms with E-state index >= 15 is 0 Å². The molecule has 98 valence electrons. The van der Waals surface area contributed by atoms with Crippen LogP contribution in [0.4, 0.5) is 20.3 Å². The molecule has 0 bridgehead atoms. The molecular weight excluding hydrogens is 256 g/mol. The summed E-state index contributed by atoms with van der Waals surface area (Å²) in [4.78, 5) is 13.4. The number of pyridine rings is 1. The highest BCUT2D eigenvalue weighted by atomic mass is 19.1. The number of nitrogens with one attached hydrogen (secondary N) is 1. The molecular formula is C12H9F2N3O2. The van der Waals surface area contributed by atoms with E-state index in [4.69, 9.17) is 0 Å². The largest absolute Gasteiger partial charge is 0.378 e. The number of hydrogen-bond acceptors (Lipinski definition) is 4. The lowest BCUT2D eigenvalue weighted by molar-refractivity contribution is -0.389. The smallest absolute Gasteiger partial charge is 0.363 e. The molecule has 1 aromatic carbocycles. The number of aromatic nitrogens is 1. The first-order valence-corrected chi connectivity index (χ1v) is 5.34. The highest BCUT2D eigenvalue weighted by molar-refractivity contribution is 5.44. The number of anilines is 1. The van der Waals surface area contributed by atoms with Crippen LogP contribution in [-0.2, 0) is 6.54 Å². The fourth-order valence-corrected chi connectivity index (χ4v) is 1.47. The summed E-state index contributed by atoms with van der Waals surface area (Å²) in [6, 6.07) is 5.83. The lowest BCUT2D eigenvalue weighted by Gasteiger charge is -2.06. The third-order valence-corrected chi connectivity index (χ3v) is 2.43. The van der Waals surface area contributed by atoms with Crippen LogP contribution in [0.25, 0.3) is 0 Å². The van der Waals surface area contributed by atoms with E-state index in [0.717, 1.165) is 18.2 Å². The number of nitrogens with zero attached hydrogens (tertiary/aromatic N) is 2. The van der Waals surface area contributed by atoms with Crippen molar-refractivity contribution in [3.05, 3.63) is 63.8 Å². The first kappa shape index (κ1) is 12.9. The van der Waals surface area contributed by atoms with Gasteiger partial charge in [-0.15, -0.1) is 0 Å². The maximum absolute atomic E-state index is 13.3. The molecule has 0 aliphatic carbocycles. The van der Waals surface area contributed by atoms with Gasteiger partial charge in [-0.25, -0.2) is 8.78 Å². The first-order chi connectivity index (χ1) is 9.06. The van der Waals surface area contributed by atoms with Gasteiger partial charge in [0, 0.05) is 18.2 Å². The highest BCUT2D eigenvalue weighted by Gasteiger charge is 2.07. The number of nitro groups is 1. The van der Waals surface area contributed by atoms with Crippen LogP contribution in [0.1, 0.15) is 5.56 Å². The molecule has 0 saturated carbocycles. The topological polar surface area (TPSA) is 68.1 Å². The number of halogens is 2. The van der Waals surface area contributed by atoms with E-state index in [1.807, 2.05) is 0 Å². The van der Waals surface area contributed by atoms with Gasteiger partial charge in [0.2, 0.25) is 0 Å².